The number of rotatable bonds is 27. The third-order valence-electron chi connectivity index (χ3n) is 6.32. The number of carbonyl (C=O) groups excluding carboxylic acids is 4. The van der Waals surface area contributed by atoms with Crippen LogP contribution in [0.3, 0.4) is 0 Å². The van der Waals surface area contributed by atoms with Crippen molar-refractivity contribution in [3.8, 4) is 0 Å². The van der Waals surface area contributed by atoms with Crippen LogP contribution in [0.2, 0.25) is 0 Å². The molecular weight excluding hydrogens is 600 g/mol. The topological polar surface area (TPSA) is 151 Å². The molecule has 0 saturated heterocycles. The molecule has 0 bridgehead atoms. The molecule has 0 fully saturated rings. The maximum atomic E-state index is 12.5. The predicted molar refractivity (Wildman–Crippen MR) is 186 cm³/mol. The Balaban J connectivity index is 4.22. The highest BCUT2D eigenvalue weighted by molar-refractivity contribution is 5.96. The molecule has 262 valence electrons. The van der Waals surface area contributed by atoms with Crippen LogP contribution in [0, 0.1) is 0 Å². The zero-order valence-corrected chi connectivity index (χ0v) is 28.2. The number of amides is 2. The molecule has 0 aliphatic rings. The van der Waals surface area contributed by atoms with E-state index in [2.05, 4.69) is 78.3 Å². The summed E-state index contributed by atoms with van der Waals surface area (Å²) in [4.78, 5) is 48.3. The molecule has 0 aliphatic carbocycles. The number of ether oxygens (including phenoxy) is 2. The van der Waals surface area contributed by atoms with Gasteiger partial charge in [-0.3, -0.25) is 9.59 Å². The number of esters is 2. The molecule has 0 aromatic carbocycles. The van der Waals surface area contributed by atoms with Crippen LogP contribution in [0.1, 0.15) is 84.5 Å². The molecule has 0 rings (SSSR count). The summed E-state index contributed by atoms with van der Waals surface area (Å²) in [6.07, 6.45) is 34.3. The molecule has 1 atom stereocenters. The van der Waals surface area contributed by atoms with Crippen molar-refractivity contribution in [2.24, 2.45) is 0 Å². The van der Waals surface area contributed by atoms with Gasteiger partial charge < -0.3 is 30.3 Å². The van der Waals surface area contributed by atoms with Gasteiger partial charge in [0.05, 0.1) is 19.8 Å². The smallest absolute Gasteiger partial charge is 0.330 e. The lowest BCUT2D eigenvalue weighted by molar-refractivity contribution is -0.157. The first kappa shape index (κ1) is 43.0. The van der Waals surface area contributed by atoms with E-state index in [4.69, 9.17) is 9.47 Å². The van der Waals surface area contributed by atoms with Gasteiger partial charge in [0, 0.05) is 25.1 Å². The van der Waals surface area contributed by atoms with Gasteiger partial charge in [-0.1, -0.05) is 79.8 Å². The molecule has 4 N–H and O–H groups in total. The van der Waals surface area contributed by atoms with E-state index >= 15 is 0 Å². The number of aliphatic hydroxyl groups excluding tert-OH is 2. The van der Waals surface area contributed by atoms with Gasteiger partial charge >= 0.3 is 11.9 Å². The van der Waals surface area contributed by atoms with E-state index in [9.17, 15) is 29.4 Å². The zero-order valence-electron chi connectivity index (χ0n) is 28.2. The number of hydrogen-bond acceptors (Lipinski definition) is 8. The summed E-state index contributed by atoms with van der Waals surface area (Å²) in [6, 6.07) is -1.07. The van der Waals surface area contributed by atoms with Crippen LogP contribution in [0.4, 0.5) is 0 Å². The summed E-state index contributed by atoms with van der Waals surface area (Å²) in [5, 5.41) is 23.7. The Bertz CT molecular complexity index is 1070. The summed E-state index contributed by atoms with van der Waals surface area (Å²) < 4.78 is 9.76. The molecule has 10 heteroatoms. The fraction of sp³-hybridized carbons (Fsp3) is 0.514. The number of unbranched alkanes of at least 4 members (excludes halogenated alkanes) is 1. The first-order valence-electron chi connectivity index (χ1n) is 16.6. The van der Waals surface area contributed by atoms with E-state index < -0.39 is 43.2 Å². The molecule has 0 radical (unpaired) electrons. The minimum absolute atomic E-state index is 0.0772. The molecule has 0 spiro atoms. The molecule has 0 aromatic rings. The quantitative estimate of drug-likeness (QED) is 0.0405. The van der Waals surface area contributed by atoms with E-state index in [-0.39, 0.29) is 18.9 Å². The molecule has 0 saturated carbocycles. The van der Waals surface area contributed by atoms with Crippen LogP contribution in [-0.2, 0) is 28.7 Å². The summed E-state index contributed by atoms with van der Waals surface area (Å²) in [5.74, 6) is -2.30. The molecule has 0 heterocycles. The summed E-state index contributed by atoms with van der Waals surface area (Å²) >= 11 is 0. The fourth-order valence-electron chi connectivity index (χ4n) is 3.83. The lowest BCUT2D eigenvalue weighted by Crippen LogP contribution is -2.43. The number of aliphatic hydroxyl groups is 2. The minimum Gasteiger partial charge on any atom is -0.463 e. The van der Waals surface area contributed by atoms with Gasteiger partial charge in [0.1, 0.15) is 12.1 Å². The fourth-order valence-corrected chi connectivity index (χ4v) is 3.83. The summed E-state index contributed by atoms with van der Waals surface area (Å²) in [7, 11) is 0. The highest BCUT2D eigenvalue weighted by Crippen LogP contribution is 2.06. The van der Waals surface area contributed by atoms with E-state index in [0.717, 1.165) is 50.7 Å². The van der Waals surface area contributed by atoms with Crippen molar-refractivity contribution in [2.45, 2.75) is 96.6 Å². The van der Waals surface area contributed by atoms with Crippen LogP contribution in [0.5, 0.6) is 0 Å². The van der Waals surface area contributed by atoms with Crippen molar-refractivity contribution < 1.29 is 38.9 Å². The Kier molecular flexibility index (Phi) is 29.2. The molecule has 0 aromatic heterocycles. The Hall–Kier alpha value is -4.02. The number of carbonyl (C=O) groups is 4. The second kappa shape index (κ2) is 31.9. The van der Waals surface area contributed by atoms with Gasteiger partial charge in [-0.15, -0.1) is 0 Å². The molecule has 0 unspecified atom stereocenters. The van der Waals surface area contributed by atoms with Crippen molar-refractivity contribution in [3.05, 3.63) is 85.1 Å². The van der Waals surface area contributed by atoms with E-state index in [1.807, 2.05) is 12.2 Å². The van der Waals surface area contributed by atoms with Gasteiger partial charge in [0.2, 0.25) is 11.8 Å². The molecule has 10 nitrogen and oxygen atoms in total. The molecule has 2 amide bonds. The highest BCUT2D eigenvalue weighted by Gasteiger charge is 2.24. The Labute approximate surface area is 281 Å². The standard InChI is InChI=1S/C37H56N2O8/c1-3-5-6-7-8-9-10-11-12-13-14-15-16-17-18-19-20-21-22-26-34(42)38-29-24-23-25-33(37(45)47-32(30-40)31-41)39-35(43)27-28-36(44)46-4-2/h5-6,8-9,11-12,14-15,17-18,20-21,27-28,32-33,40-41H,3-4,7,10,13,16,19,22-26,29-31H2,1-2H3,(H,38,42)(H,39,43)/b6-5-,9-8-,12-11-,15-14-,18-17-,21-20-,28-27+/t33-/m0/s1. The van der Waals surface area contributed by atoms with Crippen LogP contribution in [0.25, 0.3) is 0 Å². The van der Waals surface area contributed by atoms with Crippen LogP contribution < -0.4 is 10.6 Å². The van der Waals surface area contributed by atoms with Gasteiger partial charge in [-0.05, 0) is 71.1 Å². The second-order valence-electron chi connectivity index (χ2n) is 10.4. The minimum atomic E-state index is -1.11. The summed E-state index contributed by atoms with van der Waals surface area (Å²) in [6.45, 7) is 3.17. The van der Waals surface area contributed by atoms with Crippen molar-refractivity contribution in [2.75, 3.05) is 26.4 Å². The van der Waals surface area contributed by atoms with Crippen LogP contribution >= 0.6 is 0 Å². The van der Waals surface area contributed by atoms with Gasteiger partial charge in [0.15, 0.2) is 0 Å². The molecular formula is C37H56N2O8. The maximum absolute atomic E-state index is 12.5. The number of hydrogen-bond donors (Lipinski definition) is 4. The SMILES string of the molecule is CC/C=C\C/C=C\C/C=C\C/C=C\C/C=C\C/C=C\CCC(=O)NCCCC[C@H](NC(=O)/C=C/C(=O)OCC)C(=O)OC(CO)CO. The number of nitrogens with one attached hydrogen (secondary N) is 2. The Morgan fingerprint density at radius 3 is 1.74 bits per heavy atom. The van der Waals surface area contributed by atoms with E-state index in [1.165, 1.54) is 0 Å². The third kappa shape index (κ3) is 28.0. The van der Waals surface area contributed by atoms with Crippen molar-refractivity contribution in [1.82, 2.24) is 10.6 Å². The molecule has 47 heavy (non-hydrogen) atoms. The first-order valence-corrected chi connectivity index (χ1v) is 16.6. The lowest BCUT2D eigenvalue weighted by Gasteiger charge is -2.20. The van der Waals surface area contributed by atoms with Gasteiger partial charge in [0.25, 0.3) is 0 Å². The number of allylic oxidation sites excluding steroid dienone is 12. The van der Waals surface area contributed by atoms with Crippen LogP contribution in [-0.4, -0.2) is 72.5 Å². The lowest BCUT2D eigenvalue weighted by atomic mass is 10.1. The van der Waals surface area contributed by atoms with Crippen molar-refractivity contribution >= 4 is 23.8 Å². The highest BCUT2D eigenvalue weighted by atomic mass is 16.6. The third-order valence-corrected chi connectivity index (χ3v) is 6.32. The average molecular weight is 657 g/mol. The second-order valence-corrected chi connectivity index (χ2v) is 10.4. The van der Waals surface area contributed by atoms with Crippen molar-refractivity contribution in [1.29, 1.82) is 0 Å². The Morgan fingerprint density at radius 2 is 1.23 bits per heavy atom. The largest absolute Gasteiger partial charge is 0.463 e. The Morgan fingerprint density at radius 1 is 0.702 bits per heavy atom. The average Bonchev–Trinajstić information content (AvgIpc) is 3.06. The molecule has 0 aliphatic heterocycles. The first-order chi connectivity index (χ1) is 22.9. The summed E-state index contributed by atoms with van der Waals surface area (Å²) in [5.41, 5.74) is 0. The zero-order chi connectivity index (χ0) is 34.8. The normalized spacial score (nSPS) is 13.0. The van der Waals surface area contributed by atoms with Crippen LogP contribution in [0.15, 0.2) is 85.1 Å². The van der Waals surface area contributed by atoms with Crippen molar-refractivity contribution in [3.63, 3.8) is 0 Å². The maximum Gasteiger partial charge on any atom is 0.330 e. The van der Waals surface area contributed by atoms with Gasteiger partial charge in [-0.25, -0.2) is 9.59 Å². The van der Waals surface area contributed by atoms with Gasteiger partial charge in [-0.2, -0.15) is 0 Å². The van der Waals surface area contributed by atoms with E-state index in [1.54, 1.807) is 6.92 Å². The van der Waals surface area contributed by atoms with E-state index in [0.29, 0.717) is 32.2 Å². The predicted octanol–water partition coefficient (Wildman–Crippen LogP) is 5.25. The monoisotopic (exact) mass is 656 g/mol.